The summed E-state index contributed by atoms with van der Waals surface area (Å²) in [6.45, 7) is 3.38. The number of aliphatic hydroxyl groups is 1. The van der Waals surface area contributed by atoms with Crippen LogP contribution in [0, 0.1) is 40.4 Å². The molecule has 0 aromatic carbocycles. The number of aliphatic hydroxyl groups excluding tert-OH is 1. The number of nitriles is 1. The highest BCUT2D eigenvalue weighted by molar-refractivity contribution is 5.86. The molecular weight excluding hydrogens is 570 g/mol. The van der Waals surface area contributed by atoms with Gasteiger partial charge >= 0.3 is 11.9 Å². The smallest absolute Gasteiger partial charge is 0.352 e. The molecule has 0 amide bonds. The molecule has 0 spiro atoms. The van der Waals surface area contributed by atoms with Gasteiger partial charge in [0.15, 0.2) is 6.61 Å². The zero-order chi connectivity index (χ0) is 31.3. The van der Waals surface area contributed by atoms with Gasteiger partial charge in [-0.2, -0.15) is 14.8 Å². The first-order chi connectivity index (χ1) is 21.1. The van der Waals surface area contributed by atoms with E-state index in [0.717, 1.165) is 29.7 Å². The Bertz CT molecular complexity index is 1510. The number of hydrogen-bond donors (Lipinski definition) is 1. The van der Waals surface area contributed by atoms with Gasteiger partial charge in [-0.25, -0.2) is 18.9 Å². The lowest BCUT2D eigenvalue weighted by molar-refractivity contribution is -0.221. The Balaban J connectivity index is 1.31. The van der Waals surface area contributed by atoms with E-state index in [1.54, 1.807) is 29.9 Å². The number of ether oxygens (including phenoxy) is 2. The molecule has 0 radical (unpaired) electrons. The van der Waals surface area contributed by atoms with Gasteiger partial charge in [0.1, 0.15) is 11.7 Å². The van der Waals surface area contributed by atoms with Crippen molar-refractivity contribution in [3.63, 3.8) is 0 Å². The fourth-order valence-corrected chi connectivity index (χ4v) is 8.20. The maximum absolute atomic E-state index is 17.2. The third-order valence-electron chi connectivity index (χ3n) is 10.6. The average Bonchev–Trinajstić information content (AvgIpc) is 3.73. The van der Waals surface area contributed by atoms with Gasteiger partial charge in [-0.05, 0) is 87.0 Å². The maximum atomic E-state index is 17.2. The van der Waals surface area contributed by atoms with Gasteiger partial charge in [-0.1, -0.05) is 25.8 Å². The van der Waals surface area contributed by atoms with Gasteiger partial charge in [-0.3, -0.25) is 4.79 Å². The molecule has 0 unspecified atom stereocenters. The Morgan fingerprint density at radius 2 is 2.02 bits per heavy atom. The van der Waals surface area contributed by atoms with Gasteiger partial charge in [0.05, 0.1) is 35.8 Å². The monoisotopic (exact) mass is 608 g/mol. The van der Waals surface area contributed by atoms with Crippen LogP contribution in [0.2, 0.25) is 0 Å². The standard InChI is InChI=1S/C33H38F2N4O5/c1-3-4-22-18-38-39(23-8-10-28(34)37-19-23)26(22)15-20-5-9-25-24-11-12-33(30(42)43-14-13-36,44-29(41)21-6-7-21)31(24,2)17-27(40)32(25,35)16-20/h8,10,15,18-19,21,24-25,27,40H,3-7,9,11-12,14,16-17H2,1-2H3/b20-15-/t24-,25-,27-,31-,32-,33-/m0/s1. The molecule has 0 bridgehead atoms. The molecule has 1 N–H and O–H groups in total. The summed E-state index contributed by atoms with van der Waals surface area (Å²) >= 11 is 0. The highest BCUT2D eigenvalue weighted by Gasteiger charge is 2.73. The van der Waals surface area contributed by atoms with E-state index in [-0.39, 0.29) is 31.1 Å². The molecule has 4 fully saturated rings. The molecule has 44 heavy (non-hydrogen) atoms. The van der Waals surface area contributed by atoms with Crippen LogP contribution in [0.5, 0.6) is 0 Å². The Kier molecular flexibility index (Phi) is 7.85. The van der Waals surface area contributed by atoms with Crippen LogP contribution >= 0.6 is 0 Å². The average molecular weight is 609 g/mol. The van der Waals surface area contributed by atoms with Crippen LogP contribution < -0.4 is 0 Å². The lowest BCUT2D eigenvalue weighted by Crippen LogP contribution is -2.65. The molecule has 9 nitrogen and oxygen atoms in total. The summed E-state index contributed by atoms with van der Waals surface area (Å²) in [5.74, 6) is -3.05. The first kappa shape index (κ1) is 30.4. The van der Waals surface area contributed by atoms with Crippen molar-refractivity contribution in [3.05, 3.63) is 47.3 Å². The Hall–Kier alpha value is -3.65. The van der Waals surface area contributed by atoms with Crippen molar-refractivity contribution in [2.45, 2.75) is 95.4 Å². The fraction of sp³-hybridized carbons (Fsp3) is 0.606. The van der Waals surface area contributed by atoms with Crippen molar-refractivity contribution in [3.8, 4) is 11.8 Å². The fourth-order valence-electron chi connectivity index (χ4n) is 8.20. The summed E-state index contributed by atoms with van der Waals surface area (Å²) < 4.78 is 43.7. The van der Waals surface area contributed by atoms with Crippen molar-refractivity contribution in [1.29, 1.82) is 5.26 Å². The molecule has 6 rings (SSSR count). The number of rotatable bonds is 8. The summed E-state index contributed by atoms with van der Waals surface area (Å²) in [6.07, 6.45) is 8.23. The summed E-state index contributed by atoms with van der Waals surface area (Å²) in [7, 11) is 0. The zero-order valence-electron chi connectivity index (χ0n) is 25.1. The van der Waals surface area contributed by atoms with E-state index in [1.807, 2.05) is 6.08 Å². The number of aromatic nitrogens is 3. The second kappa shape index (κ2) is 11.4. The lowest BCUT2D eigenvalue weighted by atomic mass is 9.51. The number of carbonyl (C=O) groups is 2. The Labute approximate surface area is 255 Å². The predicted molar refractivity (Wildman–Crippen MR) is 154 cm³/mol. The topological polar surface area (TPSA) is 127 Å². The SMILES string of the molecule is CCCc1cnn(-c2ccc(F)nc2)c1/C=C1/CC[C@H]2[C@@H]3CC[C@](OC(=O)C4CC4)(C(=O)OCC#N)[C@@]3(C)C[C@H](O)[C@]2(F)C1. The molecule has 4 saturated carbocycles. The molecular formula is C33H38F2N4O5. The number of hydrogen-bond acceptors (Lipinski definition) is 8. The largest absolute Gasteiger partial charge is 0.447 e. The summed E-state index contributed by atoms with van der Waals surface area (Å²) in [5, 5.41) is 25.1. The van der Waals surface area contributed by atoms with Crippen LogP contribution in [0.3, 0.4) is 0 Å². The number of esters is 2. The minimum absolute atomic E-state index is 0.0115. The van der Waals surface area contributed by atoms with Crippen molar-refractivity contribution >= 4 is 18.0 Å². The summed E-state index contributed by atoms with van der Waals surface area (Å²) in [6, 6.07) is 4.66. The van der Waals surface area contributed by atoms with Crippen LogP contribution in [0.1, 0.15) is 82.9 Å². The van der Waals surface area contributed by atoms with Gasteiger partial charge in [0.25, 0.3) is 0 Å². The second-order valence-corrected chi connectivity index (χ2v) is 13.1. The number of nitrogens with zero attached hydrogens (tertiary/aromatic N) is 4. The van der Waals surface area contributed by atoms with E-state index >= 15 is 4.39 Å². The number of allylic oxidation sites excluding steroid dienone is 1. The summed E-state index contributed by atoms with van der Waals surface area (Å²) in [5.41, 5.74) is -1.52. The zero-order valence-corrected chi connectivity index (χ0v) is 25.1. The van der Waals surface area contributed by atoms with Crippen LogP contribution in [0.4, 0.5) is 8.78 Å². The van der Waals surface area contributed by atoms with Crippen LogP contribution in [-0.2, 0) is 25.5 Å². The Morgan fingerprint density at radius 1 is 1.23 bits per heavy atom. The predicted octanol–water partition coefficient (Wildman–Crippen LogP) is 5.19. The van der Waals surface area contributed by atoms with Crippen molar-refractivity contribution < 1.29 is 33.0 Å². The van der Waals surface area contributed by atoms with Gasteiger partial charge < -0.3 is 14.6 Å². The highest BCUT2D eigenvalue weighted by atomic mass is 19.1. The number of aryl methyl sites for hydroxylation is 1. The van der Waals surface area contributed by atoms with E-state index in [4.69, 9.17) is 14.7 Å². The van der Waals surface area contributed by atoms with Crippen LogP contribution in [-0.4, -0.2) is 55.8 Å². The van der Waals surface area contributed by atoms with Crippen LogP contribution in [0.15, 0.2) is 30.1 Å². The van der Waals surface area contributed by atoms with E-state index in [0.29, 0.717) is 37.8 Å². The quantitative estimate of drug-likeness (QED) is 0.321. The van der Waals surface area contributed by atoms with Gasteiger partial charge in [0, 0.05) is 11.8 Å². The number of pyridine rings is 1. The van der Waals surface area contributed by atoms with Crippen molar-refractivity contribution in [2.75, 3.05) is 6.61 Å². The third-order valence-corrected chi connectivity index (χ3v) is 10.6. The van der Waals surface area contributed by atoms with Crippen molar-refractivity contribution in [2.24, 2.45) is 23.2 Å². The second-order valence-electron chi connectivity index (χ2n) is 13.1. The first-order valence-corrected chi connectivity index (χ1v) is 15.6. The molecule has 234 valence electrons. The van der Waals surface area contributed by atoms with E-state index in [2.05, 4.69) is 17.0 Å². The minimum Gasteiger partial charge on any atom is -0.447 e. The van der Waals surface area contributed by atoms with Gasteiger partial charge in [-0.15, -0.1) is 0 Å². The molecule has 0 aliphatic heterocycles. The van der Waals surface area contributed by atoms with E-state index in [1.165, 1.54) is 12.3 Å². The molecule has 0 saturated heterocycles. The number of halogens is 2. The van der Waals surface area contributed by atoms with Crippen molar-refractivity contribution in [1.82, 2.24) is 14.8 Å². The minimum atomic E-state index is -1.95. The Morgan fingerprint density at radius 3 is 2.70 bits per heavy atom. The highest BCUT2D eigenvalue weighted by Crippen LogP contribution is 2.67. The third kappa shape index (κ3) is 4.91. The molecule has 6 atom stereocenters. The summed E-state index contributed by atoms with van der Waals surface area (Å²) in [4.78, 5) is 30.2. The van der Waals surface area contributed by atoms with E-state index in [9.17, 15) is 19.1 Å². The maximum Gasteiger partial charge on any atom is 0.352 e. The molecule has 2 heterocycles. The first-order valence-electron chi connectivity index (χ1n) is 15.6. The lowest BCUT2D eigenvalue weighted by Gasteiger charge is -2.57. The molecule has 2 aromatic heterocycles. The molecule has 2 aromatic rings. The normalized spacial score (nSPS) is 33.7. The van der Waals surface area contributed by atoms with Crippen LogP contribution in [0.25, 0.3) is 11.8 Å². The number of carbonyl (C=O) groups excluding carboxylic acids is 2. The van der Waals surface area contributed by atoms with Gasteiger partial charge in [0.2, 0.25) is 11.5 Å². The number of fused-ring (bicyclic) bond motifs is 3. The number of alkyl halides is 1. The molecule has 11 heteroatoms. The van der Waals surface area contributed by atoms with E-state index < -0.39 is 53.2 Å². The molecule has 4 aliphatic rings. The molecule has 4 aliphatic carbocycles.